The Kier molecular flexibility index (Phi) is 19.1. The smallest absolute Gasteiger partial charge is 0.270 e. The molecule has 18 nitrogen and oxygen atoms in total. The summed E-state index contributed by atoms with van der Waals surface area (Å²) in [6.45, 7) is 5.81. The third-order valence-electron chi connectivity index (χ3n) is 10.9. The SMILES string of the molecule is O=[N+]([O-])c1cc2c3c(c1)Cc1cc([N+](=O)[O-])cc4c1OCCOCCOCCOCCOCCOc1c(cccc1C2)Cc1cccc(c1OCCOCCOCCOCCOCCO3)C4. The Bertz CT molecular complexity index is 2050. The van der Waals surface area contributed by atoms with E-state index >= 15 is 0 Å². The zero-order chi connectivity index (χ0) is 45.8. The summed E-state index contributed by atoms with van der Waals surface area (Å²) in [6, 6.07) is 17.6. The number of benzene rings is 4. The Labute approximate surface area is 383 Å². The maximum Gasteiger partial charge on any atom is 0.270 e. The van der Waals surface area contributed by atoms with Gasteiger partial charge < -0.3 is 56.8 Å². The molecule has 2 aliphatic heterocycles. The summed E-state index contributed by atoms with van der Waals surface area (Å²) in [5, 5.41) is 25.4. The third kappa shape index (κ3) is 14.3. The average Bonchev–Trinajstić information content (AvgIpc) is 3.30. The largest absolute Gasteiger partial charge is 0.491 e. The second-order valence-electron chi connectivity index (χ2n) is 15.5. The van der Waals surface area contributed by atoms with Crippen LogP contribution in [0, 0.1) is 20.2 Å². The van der Waals surface area contributed by atoms with Gasteiger partial charge in [-0.3, -0.25) is 20.2 Å². The van der Waals surface area contributed by atoms with Gasteiger partial charge in [0.25, 0.3) is 11.4 Å². The molecule has 2 heterocycles. The molecule has 0 atom stereocenters. The van der Waals surface area contributed by atoms with Crippen LogP contribution in [0.5, 0.6) is 23.0 Å². The molecule has 7 rings (SSSR count). The molecule has 356 valence electrons. The average molecular weight is 919 g/mol. The van der Waals surface area contributed by atoms with Crippen LogP contribution in [-0.4, -0.2) is 142 Å². The molecule has 0 fully saturated rings. The Morgan fingerprint density at radius 3 is 0.742 bits per heavy atom. The number of non-ortho nitro benzene ring substituents is 2. The zero-order valence-electron chi connectivity index (χ0n) is 37.2. The predicted molar refractivity (Wildman–Crippen MR) is 239 cm³/mol. The molecule has 66 heavy (non-hydrogen) atoms. The summed E-state index contributed by atoms with van der Waals surface area (Å²) in [5.74, 6) is 1.95. The summed E-state index contributed by atoms with van der Waals surface area (Å²) in [7, 11) is 0. The van der Waals surface area contributed by atoms with Crippen molar-refractivity contribution in [2.75, 3.05) is 132 Å². The van der Waals surface area contributed by atoms with E-state index in [1.54, 1.807) is 0 Å². The van der Waals surface area contributed by atoms with Gasteiger partial charge in [-0.15, -0.1) is 0 Å². The highest BCUT2D eigenvalue weighted by Crippen LogP contribution is 2.41. The number of hydrogen-bond acceptors (Lipinski definition) is 16. The summed E-state index contributed by atoms with van der Waals surface area (Å²) < 4.78 is 72.6. The van der Waals surface area contributed by atoms with E-state index in [0.29, 0.717) is 131 Å². The molecule has 4 aromatic rings. The van der Waals surface area contributed by atoms with E-state index in [0.717, 1.165) is 22.3 Å². The lowest BCUT2D eigenvalue weighted by Gasteiger charge is -2.23. The van der Waals surface area contributed by atoms with Crippen LogP contribution in [0.3, 0.4) is 0 Å². The minimum absolute atomic E-state index is 0.0248. The number of nitro benzene ring substituents is 2. The third-order valence-corrected chi connectivity index (χ3v) is 10.9. The summed E-state index contributed by atoms with van der Waals surface area (Å²) >= 11 is 0. The van der Waals surface area contributed by atoms with Gasteiger partial charge in [0.1, 0.15) is 49.4 Å². The molecular formula is C48H58N2O16. The monoisotopic (exact) mass is 918 g/mol. The van der Waals surface area contributed by atoms with Gasteiger partial charge >= 0.3 is 0 Å². The van der Waals surface area contributed by atoms with Crippen molar-refractivity contribution in [1.82, 2.24) is 0 Å². The highest BCUT2D eigenvalue weighted by atomic mass is 16.6. The van der Waals surface area contributed by atoms with Gasteiger partial charge in [0.2, 0.25) is 0 Å². The standard InChI is InChI=1S/C48H58N2O16/c51-49(52)43-31-39-28-37-5-1-3-35-27-36-4-2-6-38-29-40-32-44(50(53)54)34-42(48(40)66-26-22-62-18-14-58-9-7-55-11-15-59-19-23-63-45(35)37)30-41(33-43)47(39)65-25-21-61-17-13-57-10-8-56-12-16-60-20-24-64-46(36)38/h1-6,31-34H,7-30H2. The molecule has 0 saturated heterocycles. The molecule has 0 amide bonds. The molecule has 4 aromatic carbocycles. The normalized spacial score (nSPS) is 18.3. The van der Waals surface area contributed by atoms with E-state index < -0.39 is 9.85 Å². The van der Waals surface area contributed by atoms with Crippen LogP contribution < -0.4 is 18.9 Å². The number of para-hydroxylation sites is 2. The lowest BCUT2D eigenvalue weighted by Crippen LogP contribution is -2.15. The van der Waals surface area contributed by atoms with E-state index in [2.05, 4.69) is 0 Å². The number of nitro groups is 2. The molecule has 3 aliphatic rings. The van der Waals surface area contributed by atoms with Crippen LogP contribution in [0.4, 0.5) is 11.4 Å². The Balaban J connectivity index is 1.42. The van der Waals surface area contributed by atoms with Crippen molar-refractivity contribution >= 4 is 11.4 Å². The second kappa shape index (κ2) is 26.0. The van der Waals surface area contributed by atoms with Crippen molar-refractivity contribution < 1.29 is 66.7 Å². The topological polar surface area (TPSA) is 197 Å². The summed E-state index contributed by atoms with van der Waals surface area (Å²) in [4.78, 5) is 24.5. The lowest BCUT2D eigenvalue weighted by atomic mass is 9.90. The van der Waals surface area contributed by atoms with Gasteiger partial charge in [-0.05, 0) is 22.3 Å². The predicted octanol–water partition coefficient (Wildman–Crippen LogP) is 5.85. The molecule has 0 N–H and O–H groups in total. The van der Waals surface area contributed by atoms with E-state index in [1.807, 2.05) is 36.4 Å². The first kappa shape index (κ1) is 48.5. The van der Waals surface area contributed by atoms with Crippen molar-refractivity contribution in [1.29, 1.82) is 0 Å². The van der Waals surface area contributed by atoms with Gasteiger partial charge in [0.05, 0.1) is 116 Å². The Hall–Kier alpha value is -5.44. The highest BCUT2D eigenvalue weighted by Gasteiger charge is 2.26. The number of nitrogens with zero attached hydrogens (tertiary/aromatic N) is 2. The van der Waals surface area contributed by atoms with Crippen molar-refractivity contribution in [2.24, 2.45) is 0 Å². The molecule has 12 bridgehead atoms. The Morgan fingerprint density at radius 2 is 0.500 bits per heavy atom. The highest BCUT2D eigenvalue weighted by molar-refractivity contribution is 5.60. The second-order valence-corrected chi connectivity index (χ2v) is 15.5. The summed E-state index contributed by atoms with van der Waals surface area (Å²) in [5.41, 5.74) is 4.69. The minimum Gasteiger partial charge on any atom is -0.491 e. The fourth-order valence-corrected chi connectivity index (χ4v) is 7.94. The van der Waals surface area contributed by atoms with E-state index in [1.165, 1.54) is 24.3 Å². The van der Waals surface area contributed by atoms with Crippen LogP contribution in [0.25, 0.3) is 0 Å². The number of rotatable bonds is 2. The van der Waals surface area contributed by atoms with Gasteiger partial charge in [-0.25, -0.2) is 0 Å². The fraction of sp³-hybridized carbons (Fsp3) is 0.500. The van der Waals surface area contributed by atoms with Crippen molar-refractivity contribution in [3.63, 3.8) is 0 Å². The molecule has 1 aliphatic carbocycles. The van der Waals surface area contributed by atoms with Crippen LogP contribution in [0.2, 0.25) is 0 Å². The van der Waals surface area contributed by atoms with Gasteiger partial charge in [0.15, 0.2) is 0 Å². The zero-order valence-corrected chi connectivity index (χ0v) is 37.2. The van der Waals surface area contributed by atoms with E-state index in [9.17, 15) is 20.2 Å². The molecular weight excluding hydrogens is 861 g/mol. The summed E-state index contributed by atoms with van der Waals surface area (Å²) in [6.07, 6.45) is 0.676. The van der Waals surface area contributed by atoms with Gasteiger partial charge in [0, 0.05) is 72.2 Å². The quantitative estimate of drug-likeness (QED) is 0.151. The van der Waals surface area contributed by atoms with Crippen molar-refractivity contribution in [2.45, 2.75) is 25.7 Å². The first-order valence-corrected chi connectivity index (χ1v) is 22.4. The first-order valence-electron chi connectivity index (χ1n) is 22.4. The van der Waals surface area contributed by atoms with Crippen LogP contribution in [0.1, 0.15) is 44.5 Å². The maximum atomic E-state index is 12.7. The van der Waals surface area contributed by atoms with Crippen molar-refractivity contribution in [3.05, 3.63) is 125 Å². The lowest BCUT2D eigenvalue weighted by molar-refractivity contribution is -0.385. The molecule has 0 radical (unpaired) electrons. The number of hydrogen-bond donors (Lipinski definition) is 0. The van der Waals surface area contributed by atoms with Crippen molar-refractivity contribution in [3.8, 4) is 23.0 Å². The maximum absolute atomic E-state index is 12.7. The van der Waals surface area contributed by atoms with Gasteiger partial charge in [-0.1, -0.05) is 36.4 Å². The Morgan fingerprint density at radius 1 is 0.303 bits per heavy atom. The molecule has 18 heteroatoms. The molecule has 0 unspecified atom stereocenters. The first-order chi connectivity index (χ1) is 32.4. The van der Waals surface area contributed by atoms with E-state index in [4.69, 9.17) is 56.8 Å². The molecule has 0 saturated carbocycles. The number of ether oxygens (including phenoxy) is 12. The van der Waals surface area contributed by atoms with E-state index in [-0.39, 0.29) is 83.5 Å². The fourth-order valence-electron chi connectivity index (χ4n) is 7.94. The van der Waals surface area contributed by atoms with Crippen LogP contribution >= 0.6 is 0 Å². The minimum atomic E-state index is -0.452. The molecule has 0 aromatic heterocycles. The van der Waals surface area contributed by atoms with Crippen LogP contribution in [0.15, 0.2) is 60.7 Å². The van der Waals surface area contributed by atoms with Gasteiger partial charge in [-0.2, -0.15) is 0 Å². The van der Waals surface area contributed by atoms with Crippen LogP contribution in [-0.2, 0) is 63.6 Å². The molecule has 0 spiro atoms.